The van der Waals surface area contributed by atoms with Gasteiger partial charge in [0.15, 0.2) is 13.6 Å². The van der Waals surface area contributed by atoms with Crippen LogP contribution in [0.1, 0.15) is 30.5 Å². The number of allylic oxidation sites excluding steroid dienone is 2. The van der Waals surface area contributed by atoms with Crippen LogP contribution in [-0.4, -0.2) is 57.2 Å². The largest absolute Gasteiger partial charge is 0.497 e. The Labute approximate surface area is 250 Å². The third-order valence-electron chi connectivity index (χ3n) is 6.36. The summed E-state index contributed by atoms with van der Waals surface area (Å²) in [5.74, 6) is 2.92. The van der Waals surface area contributed by atoms with Crippen molar-refractivity contribution in [2.75, 3.05) is 41.0 Å². The van der Waals surface area contributed by atoms with Crippen molar-refractivity contribution in [1.82, 2.24) is 0 Å². The molecular formula is C33H52O6Si2. The van der Waals surface area contributed by atoms with Gasteiger partial charge in [-0.3, -0.25) is 0 Å². The third kappa shape index (κ3) is 14.3. The highest BCUT2D eigenvalue weighted by molar-refractivity contribution is 6.76. The predicted molar refractivity (Wildman–Crippen MR) is 177 cm³/mol. The topological polar surface area (TPSA) is 55.4 Å². The minimum Gasteiger partial charge on any atom is -0.497 e. The molecule has 0 aliphatic carbocycles. The van der Waals surface area contributed by atoms with Crippen LogP contribution < -0.4 is 18.9 Å². The van der Waals surface area contributed by atoms with Gasteiger partial charge >= 0.3 is 0 Å². The number of hydrogen-bond donors (Lipinski definition) is 0. The molecule has 2 aromatic carbocycles. The van der Waals surface area contributed by atoms with Crippen LogP contribution in [0.3, 0.4) is 0 Å². The van der Waals surface area contributed by atoms with E-state index in [1.54, 1.807) is 14.2 Å². The highest BCUT2D eigenvalue weighted by Gasteiger charge is 2.14. The summed E-state index contributed by atoms with van der Waals surface area (Å²) in [7, 11) is 1.07. The Bertz CT molecular complexity index is 1140. The van der Waals surface area contributed by atoms with Crippen LogP contribution in [0.4, 0.5) is 0 Å². The SMILES string of the molecule is COc1cc(/C=C/c2cc(OCOCC[Si](C)(C)C)cc(OC)c2CC=C(C)C)cc(OCOCC[Si](C)(C)C)c1. The normalized spacial score (nSPS) is 12.0. The van der Waals surface area contributed by atoms with Gasteiger partial charge in [0.2, 0.25) is 0 Å². The number of ether oxygens (including phenoxy) is 6. The maximum Gasteiger partial charge on any atom is 0.189 e. The molecule has 0 spiro atoms. The van der Waals surface area contributed by atoms with E-state index in [9.17, 15) is 0 Å². The molecule has 228 valence electrons. The minimum atomic E-state index is -1.15. The Hall–Kier alpha value is -2.53. The number of benzene rings is 2. The van der Waals surface area contributed by atoms with Crippen molar-refractivity contribution in [3.8, 4) is 23.0 Å². The second-order valence-electron chi connectivity index (χ2n) is 12.9. The fourth-order valence-corrected chi connectivity index (χ4v) is 5.26. The van der Waals surface area contributed by atoms with Crippen molar-refractivity contribution >= 4 is 28.3 Å². The Kier molecular flexibility index (Phi) is 14.2. The first-order valence-electron chi connectivity index (χ1n) is 14.4. The van der Waals surface area contributed by atoms with Gasteiger partial charge in [-0.25, -0.2) is 0 Å². The predicted octanol–water partition coefficient (Wildman–Crippen LogP) is 8.77. The maximum absolute atomic E-state index is 5.99. The molecule has 0 amide bonds. The monoisotopic (exact) mass is 600 g/mol. The van der Waals surface area contributed by atoms with Gasteiger partial charge in [0.05, 0.1) is 14.2 Å². The summed E-state index contributed by atoms with van der Waals surface area (Å²) in [5.41, 5.74) is 4.31. The van der Waals surface area contributed by atoms with Gasteiger partial charge in [0, 0.05) is 47.1 Å². The van der Waals surface area contributed by atoms with E-state index in [0.717, 1.165) is 46.7 Å². The van der Waals surface area contributed by atoms with Crippen molar-refractivity contribution in [3.05, 3.63) is 58.7 Å². The summed E-state index contributed by atoms with van der Waals surface area (Å²) in [6, 6.07) is 12.0. The Morgan fingerprint density at radius 1 is 0.683 bits per heavy atom. The van der Waals surface area contributed by atoms with Crippen LogP contribution in [0, 0.1) is 0 Å². The standard InChI is InChI=1S/C33H52O6Si2/c1-26(2)11-14-32-28(21-31(23-33(32)35-4)39-25-37-16-18-41(8,9)10)13-12-27-19-29(34-3)22-30(20-27)38-24-36-15-17-40(5,6)7/h11-13,19-23H,14-18,24-25H2,1-10H3/b13-12+. The molecule has 6 nitrogen and oxygen atoms in total. The molecule has 2 rings (SSSR count). The molecule has 0 fully saturated rings. The second kappa shape index (κ2) is 16.8. The quantitative estimate of drug-likeness (QED) is 0.0560. The molecule has 0 saturated carbocycles. The van der Waals surface area contributed by atoms with Gasteiger partial charge in [-0.2, -0.15) is 0 Å². The average molecular weight is 601 g/mol. The van der Waals surface area contributed by atoms with Crippen molar-refractivity contribution in [2.24, 2.45) is 0 Å². The Morgan fingerprint density at radius 2 is 1.24 bits per heavy atom. The van der Waals surface area contributed by atoms with Crippen LogP contribution in [0.2, 0.25) is 51.4 Å². The summed E-state index contributed by atoms with van der Waals surface area (Å²) >= 11 is 0. The van der Waals surface area contributed by atoms with Crippen LogP contribution in [0.15, 0.2) is 42.0 Å². The van der Waals surface area contributed by atoms with Crippen LogP contribution >= 0.6 is 0 Å². The van der Waals surface area contributed by atoms with Crippen LogP contribution in [-0.2, 0) is 15.9 Å². The van der Waals surface area contributed by atoms with E-state index < -0.39 is 16.1 Å². The Balaban J connectivity index is 2.26. The zero-order chi connectivity index (χ0) is 30.5. The lowest BCUT2D eigenvalue weighted by atomic mass is 10.00. The molecule has 8 heteroatoms. The van der Waals surface area contributed by atoms with Gasteiger partial charge < -0.3 is 28.4 Å². The van der Waals surface area contributed by atoms with E-state index in [1.165, 1.54) is 5.57 Å². The molecule has 0 saturated heterocycles. The summed E-state index contributed by atoms with van der Waals surface area (Å²) in [5, 5.41) is 0. The lowest BCUT2D eigenvalue weighted by Crippen LogP contribution is -2.22. The molecule has 0 aliphatic rings. The lowest BCUT2D eigenvalue weighted by molar-refractivity contribution is 0.0217. The van der Waals surface area contributed by atoms with Crippen molar-refractivity contribution < 1.29 is 28.4 Å². The maximum atomic E-state index is 5.99. The lowest BCUT2D eigenvalue weighted by Gasteiger charge is -2.17. The van der Waals surface area contributed by atoms with Crippen LogP contribution in [0.5, 0.6) is 23.0 Å². The summed E-state index contributed by atoms with van der Waals surface area (Å²) < 4.78 is 34.7. The molecule has 0 heterocycles. The van der Waals surface area contributed by atoms with Gasteiger partial charge in [-0.05, 0) is 61.7 Å². The van der Waals surface area contributed by atoms with Gasteiger partial charge in [-0.15, -0.1) is 0 Å². The van der Waals surface area contributed by atoms with E-state index in [0.29, 0.717) is 24.7 Å². The first kappa shape index (κ1) is 34.7. The summed E-state index contributed by atoms with van der Waals surface area (Å²) in [4.78, 5) is 0. The molecule has 0 radical (unpaired) electrons. The van der Waals surface area contributed by atoms with Crippen molar-refractivity contribution in [3.63, 3.8) is 0 Å². The zero-order valence-corrected chi connectivity index (χ0v) is 29.0. The molecule has 0 N–H and O–H groups in total. The highest BCUT2D eigenvalue weighted by Crippen LogP contribution is 2.32. The summed E-state index contributed by atoms with van der Waals surface area (Å²) in [6.07, 6.45) is 7.09. The first-order valence-corrected chi connectivity index (χ1v) is 21.8. The molecule has 0 aromatic heterocycles. The minimum absolute atomic E-state index is 0.209. The van der Waals surface area contributed by atoms with Gasteiger partial charge in [0.25, 0.3) is 0 Å². The van der Waals surface area contributed by atoms with E-state index in [-0.39, 0.29) is 13.6 Å². The van der Waals surface area contributed by atoms with Gasteiger partial charge in [0.1, 0.15) is 23.0 Å². The molecule has 0 bridgehead atoms. The molecule has 0 aliphatic heterocycles. The molecule has 41 heavy (non-hydrogen) atoms. The van der Waals surface area contributed by atoms with Gasteiger partial charge in [-0.1, -0.05) is 63.1 Å². The van der Waals surface area contributed by atoms with E-state index >= 15 is 0 Å². The summed E-state index contributed by atoms with van der Waals surface area (Å²) in [6.45, 7) is 20.1. The zero-order valence-electron chi connectivity index (χ0n) is 27.0. The number of methoxy groups -OCH3 is 2. The number of hydrogen-bond acceptors (Lipinski definition) is 6. The highest BCUT2D eigenvalue weighted by atomic mass is 28.3. The van der Waals surface area contributed by atoms with Crippen LogP contribution in [0.25, 0.3) is 12.2 Å². The van der Waals surface area contributed by atoms with E-state index in [1.807, 2.05) is 30.3 Å². The fourth-order valence-electron chi connectivity index (χ4n) is 3.75. The molecular weight excluding hydrogens is 549 g/mol. The van der Waals surface area contributed by atoms with E-state index in [2.05, 4.69) is 71.4 Å². The third-order valence-corrected chi connectivity index (χ3v) is 9.76. The smallest absolute Gasteiger partial charge is 0.189 e. The van der Waals surface area contributed by atoms with Crippen molar-refractivity contribution in [1.29, 1.82) is 0 Å². The number of rotatable bonds is 18. The second-order valence-corrected chi connectivity index (χ2v) is 24.2. The molecule has 2 aromatic rings. The molecule has 0 atom stereocenters. The Morgan fingerprint density at radius 3 is 1.76 bits per heavy atom. The average Bonchev–Trinajstić information content (AvgIpc) is 2.88. The fraction of sp³-hybridized carbons (Fsp3) is 0.515. The first-order chi connectivity index (χ1) is 19.3. The van der Waals surface area contributed by atoms with E-state index in [4.69, 9.17) is 28.4 Å². The molecule has 0 unspecified atom stereocenters. The van der Waals surface area contributed by atoms with Crippen molar-refractivity contribution in [2.45, 2.75) is 71.6 Å².